The van der Waals surface area contributed by atoms with Crippen LogP contribution in [0.4, 0.5) is 0 Å². The van der Waals surface area contributed by atoms with E-state index in [4.69, 9.17) is 0 Å². The van der Waals surface area contributed by atoms with Gasteiger partial charge in [0.15, 0.2) is 6.20 Å². The molecule has 3 heteroatoms. The largest absolute Gasteiger partial charge is 0.277 e. The molecule has 0 unspecified atom stereocenters. The van der Waals surface area contributed by atoms with Crippen molar-refractivity contribution in [3.63, 3.8) is 0 Å². The van der Waals surface area contributed by atoms with Gasteiger partial charge in [0.2, 0.25) is 5.69 Å². The van der Waals surface area contributed by atoms with Gasteiger partial charge in [-0.15, -0.1) is 0 Å². The lowest BCUT2D eigenvalue weighted by atomic mass is 10.1. The van der Waals surface area contributed by atoms with E-state index in [0.717, 1.165) is 11.4 Å². The lowest BCUT2D eigenvalue weighted by Crippen LogP contribution is -2.40. The van der Waals surface area contributed by atoms with E-state index in [2.05, 4.69) is 65.6 Å². The molecular formula is C18H19N3+2. The van der Waals surface area contributed by atoms with Crippen molar-refractivity contribution in [2.75, 3.05) is 0 Å². The summed E-state index contributed by atoms with van der Waals surface area (Å²) < 4.78 is 4.33. The standard InChI is InChI=1S/C18H19N3/c1-14-12-17(15-8-4-6-10-19-15)21(3)18(13-14)16-9-5-7-11-20(16)2/h4-13H,1-3H3/q+2. The second kappa shape index (κ2) is 5.44. The molecule has 104 valence electrons. The van der Waals surface area contributed by atoms with Crippen LogP contribution in [0.15, 0.2) is 60.9 Å². The summed E-state index contributed by atoms with van der Waals surface area (Å²) in [7, 11) is 4.16. The zero-order valence-electron chi connectivity index (χ0n) is 12.6. The van der Waals surface area contributed by atoms with Gasteiger partial charge in [0.05, 0.1) is 0 Å². The Hall–Kier alpha value is -2.55. The van der Waals surface area contributed by atoms with Crippen LogP contribution in [0, 0.1) is 6.92 Å². The number of hydrogen-bond acceptors (Lipinski definition) is 1. The van der Waals surface area contributed by atoms with Gasteiger partial charge in [0, 0.05) is 30.5 Å². The predicted octanol–water partition coefficient (Wildman–Crippen LogP) is 2.37. The number of pyridine rings is 3. The lowest BCUT2D eigenvalue weighted by Gasteiger charge is -2.05. The maximum Gasteiger partial charge on any atom is 0.277 e. The fourth-order valence-corrected chi connectivity index (χ4v) is 2.59. The van der Waals surface area contributed by atoms with Crippen molar-refractivity contribution in [2.45, 2.75) is 6.92 Å². The van der Waals surface area contributed by atoms with Gasteiger partial charge in [0.1, 0.15) is 19.8 Å². The lowest BCUT2D eigenvalue weighted by molar-refractivity contribution is -0.685. The molecule has 0 amide bonds. The molecule has 0 aliphatic carbocycles. The van der Waals surface area contributed by atoms with Crippen molar-refractivity contribution < 1.29 is 9.13 Å². The smallest absolute Gasteiger partial charge is 0.250 e. The first kappa shape index (κ1) is 13.4. The highest BCUT2D eigenvalue weighted by atomic mass is 15.0. The minimum Gasteiger partial charge on any atom is -0.250 e. The van der Waals surface area contributed by atoms with Crippen LogP contribution in [0.1, 0.15) is 5.56 Å². The summed E-state index contributed by atoms with van der Waals surface area (Å²) >= 11 is 0. The molecule has 0 bridgehead atoms. The fraction of sp³-hybridized carbons (Fsp3) is 0.167. The first-order valence-electron chi connectivity index (χ1n) is 7.04. The molecule has 0 saturated carbocycles. The van der Waals surface area contributed by atoms with E-state index in [-0.39, 0.29) is 0 Å². The summed E-state index contributed by atoms with van der Waals surface area (Å²) in [6, 6.07) is 16.6. The van der Waals surface area contributed by atoms with E-state index in [1.165, 1.54) is 17.0 Å². The predicted molar refractivity (Wildman–Crippen MR) is 82.2 cm³/mol. The highest BCUT2D eigenvalue weighted by molar-refractivity contribution is 5.56. The van der Waals surface area contributed by atoms with E-state index in [9.17, 15) is 0 Å². The zero-order valence-corrected chi connectivity index (χ0v) is 12.6. The SMILES string of the molecule is Cc1cc(-c2ccccn2)[n+](C)c(-c2cccc[n+]2C)c1. The topological polar surface area (TPSA) is 20.6 Å². The summed E-state index contributed by atoms with van der Waals surface area (Å²) in [5.41, 5.74) is 5.70. The van der Waals surface area contributed by atoms with Crippen molar-refractivity contribution in [1.29, 1.82) is 0 Å². The molecule has 0 radical (unpaired) electrons. The summed E-state index contributed by atoms with van der Waals surface area (Å²) in [6.07, 6.45) is 3.90. The molecule has 0 saturated heterocycles. The van der Waals surface area contributed by atoms with Gasteiger partial charge in [-0.25, -0.2) is 4.98 Å². The summed E-state index contributed by atoms with van der Waals surface area (Å²) in [4.78, 5) is 4.48. The van der Waals surface area contributed by atoms with Crippen LogP contribution in [-0.4, -0.2) is 4.98 Å². The molecule has 3 aromatic heterocycles. The molecule has 0 aliphatic heterocycles. The number of rotatable bonds is 2. The highest BCUT2D eigenvalue weighted by Gasteiger charge is 2.23. The Bertz CT molecular complexity index is 780. The average Bonchev–Trinajstić information content (AvgIpc) is 2.51. The normalized spacial score (nSPS) is 10.6. The molecule has 0 aliphatic rings. The first-order valence-corrected chi connectivity index (χ1v) is 7.04. The van der Waals surface area contributed by atoms with Gasteiger partial charge >= 0.3 is 0 Å². The maximum atomic E-state index is 4.48. The van der Waals surface area contributed by atoms with Crippen molar-refractivity contribution in [3.05, 3.63) is 66.5 Å². The number of hydrogen-bond donors (Lipinski definition) is 0. The zero-order chi connectivity index (χ0) is 14.8. The van der Waals surface area contributed by atoms with E-state index in [1.54, 1.807) is 0 Å². The van der Waals surface area contributed by atoms with E-state index < -0.39 is 0 Å². The molecular weight excluding hydrogens is 258 g/mol. The van der Waals surface area contributed by atoms with Gasteiger partial charge in [-0.1, -0.05) is 6.07 Å². The second-order valence-corrected chi connectivity index (χ2v) is 5.27. The molecule has 0 atom stereocenters. The molecule has 0 aromatic carbocycles. The quantitative estimate of drug-likeness (QED) is 0.659. The van der Waals surface area contributed by atoms with Crippen LogP contribution in [0.25, 0.3) is 22.8 Å². The molecule has 3 nitrogen and oxygen atoms in total. The number of aromatic nitrogens is 3. The molecule has 3 rings (SSSR count). The van der Waals surface area contributed by atoms with Gasteiger partial charge in [0.25, 0.3) is 11.4 Å². The molecule has 21 heavy (non-hydrogen) atoms. The van der Waals surface area contributed by atoms with Crippen LogP contribution in [0.5, 0.6) is 0 Å². The average molecular weight is 277 g/mol. The molecule has 3 heterocycles. The van der Waals surface area contributed by atoms with Crippen LogP contribution < -0.4 is 9.13 Å². The Balaban J connectivity index is 2.25. The van der Waals surface area contributed by atoms with Crippen LogP contribution >= 0.6 is 0 Å². The third kappa shape index (κ3) is 2.55. The Labute approximate surface area is 125 Å². The monoisotopic (exact) mass is 277 g/mol. The molecule has 0 spiro atoms. The first-order chi connectivity index (χ1) is 10.2. The van der Waals surface area contributed by atoms with Gasteiger partial charge in [-0.2, -0.15) is 9.13 Å². The third-order valence-corrected chi connectivity index (χ3v) is 3.70. The number of nitrogens with zero attached hydrogens (tertiary/aromatic N) is 3. The molecule has 0 fully saturated rings. The Morgan fingerprint density at radius 1 is 0.857 bits per heavy atom. The second-order valence-electron chi connectivity index (χ2n) is 5.27. The van der Waals surface area contributed by atoms with Crippen LogP contribution in [0.3, 0.4) is 0 Å². The number of aryl methyl sites for hydroxylation is 2. The summed E-state index contributed by atoms with van der Waals surface area (Å²) in [5.74, 6) is 0. The van der Waals surface area contributed by atoms with Crippen LogP contribution in [0.2, 0.25) is 0 Å². The van der Waals surface area contributed by atoms with Crippen molar-refractivity contribution in [3.8, 4) is 22.8 Å². The van der Waals surface area contributed by atoms with E-state index in [0.29, 0.717) is 0 Å². The summed E-state index contributed by atoms with van der Waals surface area (Å²) in [5, 5.41) is 0. The Morgan fingerprint density at radius 3 is 2.33 bits per heavy atom. The maximum absolute atomic E-state index is 4.48. The molecule has 0 N–H and O–H groups in total. The Morgan fingerprint density at radius 2 is 1.62 bits per heavy atom. The highest BCUT2D eigenvalue weighted by Crippen LogP contribution is 2.19. The van der Waals surface area contributed by atoms with E-state index in [1.807, 2.05) is 30.5 Å². The van der Waals surface area contributed by atoms with Gasteiger partial charge in [-0.3, -0.25) is 0 Å². The van der Waals surface area contributed by atoms with Crippen molar-refractivity contribution in [1.82, 2.24) is 4.98 Å². The minimum atomic E-state index is 0.989. The van der Waals surface area contributed by atoms with E-state index >= 15 is 0 Å². The fourth-order valence-electron chi connectivity index (χ4n) is 2.59. The van der Waals surface area contributed by atoms with Gasteiger partial charge < -0.3 is 0 Å². The molecule has 3 aromatic rings. The van der Waals surface area contributed by atoms with Crippen molar-refractivity contribution >= 4 is 0 Å². The van der Waals surface area contributed by atoms with Crippen molar-refractivity contribution in [2.24, 2.45) is 14.1 Å². The van der Waals surface area contributed by atoms with Crippen LogP contribution in [-0.2, 0) is 14.1 Å². The third-order valence-electron chi connectivity index (χ3n) is 3.70. The minimum absolute atomic E-state index is 0.989. The van der Waals surface area contributed by atoms with Gasteiger partial charge in [-0.05, 0) is 30.7 Å². The summed E-state index contributed by atoms with van der Waals surface area (Å²) in [6.45, 7) is 2.12. The Kier molecular flexibility index (Phi) is 3.48.